The van der Waals surface area contributed by atoms with Gasteiger partial charge in [-0.25, -0.2) is 0 Å². The molecule has 4 rings (SSSR count). The summed E-state index contributed by atoms with van der Waals surface area (Å²) in [4.78, 5) is 14.1. The maximum atomic E-state index is 12.1. The molecule has 1 aliphatic heterocycles. The number of benzene rings is 3. The molecule has 3 aromatic carbocycles. The Hall–Kier alpha value is -1.99. The molecule has 0 saturated carbocycles. The second kappa shape index (κ2) is 13.4. The molecule has 0 amide bonds. The topological polar surface area (TPSA) is 83.8 Å². The number of carbonyl (C=O) groups is 1. The summed E-state index contributed by atoms with van der Waals surface area (Å²) in [6, 6.07) is 27.1. The van der Waals surface area contributed by atoms with Crippen LogP contribution in [-0.2, 0) is 15.8 Å². The van der Waals surface area contributed by atoms with Crippen LogP contribution in [0.2, 0.25) is 0 Å². The number of piperidine rings is 1. The zero-order valence-electron chi connectivity index (χ0n) is 22.8. The summed E-state index contributed by atoms with van der Waals surface area (Å²) in [6.45, 7) is 5.85. The molecule has 0 aliphatic carbocycles. The number of carboxylic acids is 1. The van der Waals surface area contributed by atoms with E-state index in [1.54, 1.807) is 26.0 Å². The predicted octanol–water partition coefficient (Wildman–Crippen LogP) is 1.18. The van der Waals surface area contributed by atoms with Gasteiger partial charge >= 0.3 is 29.6 Å². The molecule has 6 heteroatoms. The number of rotatable bonds is 10. The summed E-state index contributed by atoms with van der Waals surface area (Å²) in [5.74, 6) is -1.04. The molecule has 38 heavy (non-hydrogen) atoms. The van der Waals surface area contributed by atoms with Crippen molar-refractivity contribution >= 4 is 5.97 Å². The summed E-state index contributed by atoms with van der Waals surface area (Å²) in [5, 5.41) is 34.7. The molecule has 1 aliphatic rings. The summed E-state index contributed by atoms with van der Waals surface area (Å²) >= 11 is 0. The molecule has 1 saturated heterocycles. The van der Waals surface area contributed by atoms with Gasteiger partial charge in [-0.2, -0.15) is 0 Å². The third-order valence-corrected chi connectivity index (χ3v) is 8.06. The number of hydrogen-bond donors (Lipinski definition) is 2. The number of carboxylic acid groups (broad SMARTS) is 1. The van der Waals surface area contributed by atoms with Gasteiger partial charge in [0, 0.05) is 5.41 Å². The molecule has 2 N–H and O–H groups in total. The van der Waals surface area contributed by atoms with Gasteiger partial charge in [-0.05, 0) is 73.5 Å². The van der Waals surface area contributed by atoms with Crippen molar-refractivity contribution in [3.05, 3.63) is 107 Å². The van der Waals surface area contributed by atoms with Crippen LogP contribution in [0.15, 0.2) is 84.9 Å². The predicted molar refractivity (Wildman–Crippen MR) is 144 cm³/mol. The fourth-order valence-electron chi connectivity index (χ4n) is 5.73. The Labute approximate surface area is 248 Å². The monoisotopic (exact) mass is 523 g/mol. The third kappa shape index (κ3) is 6.59. The zero-order chi connectivity index (χ0) is 26.5. The number of aliphatic hydroxyl groups excluding tert-OH is 1. The first-order valence-electron chi connectivity index (χ1n) is 13.3. The number of nitrogens with zero attached hydrogens (tertiary/aromatic N) is 1. The number of aliphatic hydroxyl groups is 2. The second-order valence-electron chi connectivity index (χ2n) is 10.8. The van der Waals surface area contributed by atoms with Gasteiger partial charge in [-0.3, -0.25) is 0 Å². The van der Waals surface area contributed by atoms with Crippen molar-refractivity contribution in [2.24, 2.45) is 5.92 Å². The van der Waals surface area contributed by atoms with E-state index in [0.717, 1.165) is 50.0 Å². The van der Waals surface area contributed by atoms with Crippen LogP contribution in [0.4, 0.5) is 0 Å². The number of hydrogen-bond acceptors (Lipinski definition) is 5. The molecule has 3 aromatic rings. The molecular formula is C32H38NNaO4. The Morgan fingerprint density at radius 1 is 0.921 bits per heavy atom. The quantitative estimate of drug-likeness (QED) is 0.390. The van der Waals surface area contributed by atoms with E-state index in [9.17, 15) is 20.1 Å². The minimum atomic E-state index is -1.17. The van der Waals surface area contributed by atoms with Gasteiger partial charge in [-0.1, -0.05) is 98.8 Å². The zero-order valence-corrected chi connectivity index (χ0v) is 24.8. The molecule has 0 radical (unpaired) electrons. The van der Waals surface area contributed by atoms with E-state index in [2.05, 4.69) is 4.90 Å². The first kappa shape index (κ1) is 30.6. The Morgan fingerprint density at radius 2 is 1.42 bits per heavy atom. The van der Waals surface area contributed by atoms with Crippen LogP contribution in [-0.4, -0.2) is 40.7 Å². The average molecular weight is 524 g/mol. The first-order chi connectivity index (χ1) is 17.7. The SMILES string of the molecule is CC(C)(C(=O)[O-])c1ccccc1C(O)CCCN1CCC(C(O)(c2ccccc2)c2ccccc2)CC1.[Na+]. The normalized spacial score (nSPS) is 16.0. The summed E-state index contributed by atoms with van der Waals surface area (Å²) in [5.41, 5.74) is 0.922. The molecule has 1 atom stereocenters. The van der Waals surface area contributed by atoms with Gasteiger partial charge in [0.15, 0.2) is 0 Å². The molecule has 1 fully saturated rings. The Morgan fingerprint density at radius 3 is 1.95 bits per heavy atom. The van der Waals surface area contributed by atoms with Crippen LogP contribution in [0, 0.1) is 5.92 Å². The van der Waals surface area contributed by atoms with E-state index < -0.39 is 23.1 Å². The maximum absolute atomic E-state index is 12.1. The van der Waals surface area contributed by atoms with Crippen LogP contribution >= 0.6 is 0 Å². The van der Waals surface area contributed by atoms with Crippen molar-refractivity contribution < 1.29 is 49.7 Å². The Balaban J connectivity index is 0.00000400. The van der Waals surface area contributed by atoms with Gasteiger partial charge in [0.2, 0.25) is 0 Å². The van der Waals surface area contributed by atoms with Gasteiger partial charge in [0.05, 0.1) is 12.1 Å². The molecule has 0 spiro atoms. The minimum Gasteiger partial charge on any atom is -0.549 e. The maximum Gasteiger partial charge on any atom is 1.00 e. The fraction of sp³-hybridized carbons (Fsp3) is 0.406. The van der Waals surface area contributed by atoms with E-state index in [4.69, 9.17) is 0 Å². The van der Waals surface area contributed by atoms with Gasteiger partial charge in [0.1, 0.15) is 5.60 Å². The molecule has 0 aromatic heterocycles. The van der Waals surface area contributed by atoms with Crippen molar-refractivity contribution in [3.63, 3.8) is 0 Å². The van der Waals surface area contributed by atoms with E-state index >= 15 is 0 Å². The smallest absolute Gasteiger partial charge is 0.549 e. The van der Waals surface area contributed by atoms with Crippen molar-refractivity contribution in [2.45, 2.75) is 56.7 Å². The van der Waals surface area contributed by atoms with Crippen LogP contribution in [0.5, 0.6) is 0 Å². The van der Waals surface area contributed by atoms with Crippen molar-refractivity contribution in [1.29, 1.82) is 0 Å². The molecule has 1 heterocycles. The third-order valence-electron chi connectivity index (χ3n) is 8.06. The number of likely N-dealkylation sites (tertiary alicyclic amines) is 1. The molecule has 0 bridgehead atoms. The summed E-state index contributed by atoms with van der Waals surface area (Å²) < 4.78 is 0. The van der Waals surface area contributed by atoms with Crippen LogP contribution in [0.3, 0.4) is 0 Å². The summed E-state index contributed by atoms with van der Waals surface area (Å²) in [6.07, 6.45) is 2.39. The molecule has 1 unspecified atom stereocenters. The number of aliphatic carboxylic acids is 1. The van der Waals surface area contributed by atoms with E-state index in [0.29, 0.717) is 17.5 Å². The van der Waals surface area contributed by atoms with Crippen molar-refractivity contribution in [3.8, 4) is 0 Å². The first-order valence-corrected chi connectivity index (χ1v) is 13.3. The van der Waals surface area contributed by atoms with Gasteiger partial charge in [-0.15, -0.1) is 0 Å². The van der Waals surface area contributed by atoms with Crippen molar-refractivity contribution in [2.75, 3.05) is 19.6 Å². The average Bonchev–Trinajstić information content (AvgIpc) is 2.93. The summed E-state index contributed by atoms with van der Waals surface area (Å²) in [7, 11) is 0. The standard InChI is InChI=1S/C32H39NO4.Na/c1-31(2,30(35)36)28-17-10-9-16-27(28)29(34)18-11-21-33-22-19-26(20-23-33)32(37,24-12-5-3-6-13-24)25-14-7-4-8-15-25;/h3-10,12-17,26,29,34,37H,11,18-23H2,1-2H3,(H,35,36);/q;+1/p-1. The largest absolute Gasteiger partial charge is 1.00 e. The molecular weight excluding hydrogens is 485 g/mol. The van der Waals surface area contributed by atoms with E-state index in [1.807, 2.05) is 72.8 Å². The van der Waals surface area contributed by atoms with Crippen LogP contribution in [0.1, 0.15) is 67.9 Å². The minimum absolute atomic E-state index is 0. The Kier molecular flexibility index (Phi) is 10.8. The van der Waals surface area contributed by atoms with Gasteiger partial charge in [0.25, 0.3) is 0 Å². The molecule has 5 nitrogen and oxygen atoms in total. The van der Waals surface area contributed by atoms with Gasteiger partial charge < -0.3 is 25.0 Å². The van der Waals surface area contributed by atoms with Crippen LogP contribution < -0.4 is 34.7 Å². The second-order valence-corrected chi connectivity index (χ2v) is 10.8. The Bertz CT molecular complexity index is 1120. The van der Waals surface area contributed by atoms with Crippen molar-refractivity contribution in [1.82, 2.24) is 4.90 Å². The van der Waals surface area contributed by atoms with E-state index in [-0.39, 0.29) is 35.5 Å². The molecule has 196 valence electrons. The van der Waals surface area contributed by atoms with Crippen LogP contribution in [0.25, 0.3) is 0 Å². The number of carbonyl (C=O) groups excluding carboxylic acids is 1. The van der Waals surface area contributed by atoms with E-state index in [1.165, 1.54) is 0 Å². The fourth-order valence-corrected chi connectivity index (χ4v) is 5.73.